The number of halogens is 1. The van der Waals surface area contributed by atoms with E-state index in [-0.39, 0.29) is 24.4 Å². The van der Waals surface area contributed by atoms with Gasteiger partial charge in [0.15, 0.2) is 5.78 Å². The molecule has 0 spiro atoms. The second-order valence-corrected chi connectivity index (χ2v) is 4.66. The van der Waals surface area contributed by atoms with Crippen LogP contribution in [0.3, 0.4) is 0 Å². The molecule has 2 aromatic rings. The Kier molecular flexibility index (Phi) is 6.92. The van der Waals surface area contributed by atoms with Gasteiger partial charge in [-0.1, -0.05) is 43.7 Å². The standard InChI is InChI=1S/C17H19NO2.ClH/c1-2-6-16(18)20-15-11-9-14(10-12-15)17(19)13-7-4-3-5-8-13;/h3-5,7-12,16H,2,6,18H2,1H3;1H. The largest absolute Gasteiger partial charge is 0.476 e. The fourth-order valence-electron chi connectivity index (χ4n) is 1.96. The molecule has 21 heavy (non-hydrogen) atoms. The van der Waals surface area contributed by atoms with Crippen molar-refractivity contribution in [1.29, 1.82) is 0 Å². The summed E-state index contributed by atoms with van der Waals surface area (Å²) in [4.78, 5) is 12.2. The smallest absolute Gasteiger partial charge is 0.193 e. The first-order valence-electron chi connectivity index (χ1n) is 6.82. The van der Waals surface area contributed by atoms with Crippen LogP contribution in [0.5, 0.6) is 5.75 Å². The summed E-state index contributed by atoms with van der Waals surface area (Å²) in [5.74, 6) is 0.700. The molecule has 3 nitrogen and oxygen atoms in total. The van der Waals surface area contributed by atoms with E-state index >= 15 is 0 Å². The maximum Gasteiger partial charge on any atom is 0.193 e. The maximum absolute atomic E-state index is 12.2. The fourth-order valence-corrected chi connectivity index (χ4v) is 1.96. The number of ketones is 1. The van der Waals surface area contributed by atoms with Crippen LogP contribution in [0.1, 0.15) is 35.7 Å². The van der Waals surface area contributed by atoms with Crippen LogP contribution in [0.2, 0.25) is 0 Å². The molecule has 2 N–H and O–H groups in total. The third kappa shape index (κ3) is 4.88. The maximum atomic E-state index is 12.2. The molecule has 0 fully saturated rings. The van der Waals surface area contributed by atoms with Crippen LogP contribution in [0.4, 0.5) is 0 Å². The molecule has 0 radical (unpaired) electrons. The van der Waals surface area contributed by atoms with Gasteiger partial charge in [0.25, 0.3) is 0 Å². The van der Waals surface area contributed by atoms with Gasteiger partial charge < -0.3 is 4.74 Å². The Bertz CT molecular complexity index is 555. The summed E-state index contributed by atoms with van der Waals surface area (Å²) in [5.41, 5.74) is 7.15. The minimum atomic E-state index is -0.296. The van der Waals surface area contributed by atoms with Crippen LogP contribution in [0.15, 0.2) is 54.6 Å². The third-order valence-corrected chi connectivity index (χ3v) is 3.01. The zero-order valence-corrected chi connectivity index (χ0v) is 12.8. The van der Waals surface area contributed by atoms with Crippen molar-refractivity contribution in [3.05, 3.63) is 65.7 Å². The van der Waals surface area contributed by atoms with E-state index < -0.39 is 0 Å². The third-order valence-electron chi connectivity index (χ3n) is 3.01. The molecule has 0 bridgehead atoms. The number of benzene rings is 2. The fraction of sp³-hybridized carbons (Fsp3) is 0.235. The highest BCUT2D eigenvalue weighted by Gasteiger charge is 2.09. The molecular weight excluding hydrogens is 286 g/mol. The summed E-state index contributed by atoms with van der Waals surface area (Å²) in [5, 5.41) is 0. The average molecular weight is 306 g/mol. The van der Waals surface area contributed by atoms with E-state index in [2.05, 4.69) is 6.92 Å². The molecule has 1 atom stereocenters. The van der Waals surface area contributed by atoms with Crippen LogP contribution >= 0.6 is 12.4 Å². The molecule has 1 unspecified atom stereocenters. The van der Waals surface area contributed by atoms with Crippen molar-refractivity contribution in [1.82, 2.24) is 0 Å². The first kappa shape index (κ1) is 17.2. The SMILES string of the molecule is CCCC(N)Oc1ccc(C(=O)c2ccccc2)cc1.Cl. The zero-order valence-electron chi connectivity index (χ0n) is 12.0. The Morgan fingerprint density at radius 3 is 2.19 bits per heavy atom. The number of carbonyl (C=O) groups is 1. The van der Waals surface area contributed by atoms with Crippen molar-refractivity contribution in [3.63, 3.8) is 0 Å². The van der Waals surface area contributed by atoms with Crippen molar-refractivity contribution in [3.8, 4) is 5.75 Å². The first-order valence-corrected chi connectivity index (χ1v) is 6.82. The van der Waals surface area contributed by atoms with Crippen LogP contribution in [0, 0.1) is 0 Å². The highest BCUT2D eigenvalue weighted by atomic mass is 35.5. The number of hydrogen-bond acceptors (Lipinski definition) is 3. The molecule has 0 aliphatic carbocycles. The molecule has 0 aliphatic rings. The van der Waals surface area contributed by atoms with E-state index in [0.717, 1.165) is 12.8 Å². The summed E-state index contributed by atoms with van der Waals surface area (Å²) >= 11 is 0. The summed E-state index contributed by atoms with van der Waals surface area (Å²) < 4.78 is 5.56. The van der Waals surface area contributed by atoms with E-state index in [4.69, 9.17) is 10.5 Å². The summed E-state index contributed by atoms with van der Waals surface area (Å²) in [7, 11) is 0. The number of nitrogens with two attached hydrogens (primary N) is 1. The van der Waals surface area contributed by atoms with Gasteiger partial charge in [-0.25, -0.2) is 0 Å². The first-order chi connectivity index (χ1) is 9.70. The molecule has 0 amide bonds. The Morgan fingerprint density at radius 2 is 1.62 bits per heavy atom. The van der Waals surface area contributed by atoms with E-state index in [1.165, 1.54) is 0 Å². The van der Waals surface area contributed by atoms with E-state index in [0.29, 0.717) is 16.9 Å². The van der Waals surface area contributed by atoms with Gasteiger partial charge in [-0.2, -0.15) is 0 Å². The van der Waals surface area contributed by atoms with Gasteiger partial charge in [0, 0.05) is 11.1 Å². The van der Waals surface area contributed by atoms with Crippen molar-refractivity contribution in [2.75, 3.05) is 0 Å². The number of rotatable bonds is 6. The van der Waals surface area contributed by atoms with E-state index in [1.54, 1.807) is 24.3 Å². The quantitative estimate of drug-likeness (QED) is 0.652. The van der Waals surface area contributed by atoms with Gasteiger partial charge in [0.1, 0.15) is 12.0 Å². The highest BCUT2D eigenvalue weighted by Crippen LogP contribution is 2.16. The predicted octanol–water partition coefficient (Wildman–Crippen LogP) is 3.80. The van der Waals surface area contributed by atoms with Gasteiger partial charge in [-0.15, -0.1) is 12.4 Å². The Balaban J connectivity index is 0.00000220. The number of hydrogen-bond donors (Lipinski definition) is 1. The van der Waals surface area contributed by atoms with E-state index in [9.17, 15) is 4.79 Å². The average Bonchev–Trinajstić information content (AvgIpc) is 2.48. The molecule has 0 aromatic heterocycles. The van der Waals surface area contributed by atoms with Crippen molar-refractivity contribution >= 4 is 18.2 Å². The van der Waals surface area contributed by atoms with Gasteiger partial charge >= 0.3 is 0 Å². The minimum Gasteiger partial charge on any atom is -0.476 e. The van der Waals surface area contributed by atoms with Crippen LogP contribution in [-0.2, 0) is 0 Å². The predicted molar refractivity (Wildman–Crippen MR) is 87.1 cm³/mol. The lowest BCUT2D eigenvalue weighted by atomic mass is 10.0. The Hall–Kier alpha value is -1.84. The zero-order chi connectivity index (χ0) is 14.4. The van der Waals surface area contributed by atoms with Crippen molar-refractivity contribution in [2.24, 2.45) is 5.73 Å². The summed E-state index contributed by atoms with van der Waals surface area (Å²) in [6.45, 7) is 2.06. The lowest BCUT2D eigenvalue weighted by Crippen LogP contribution is -2.26. The lowest BCUT2D eigenvalue weighted by Gasteiger charge is -2.13. The monoisotopic (exact) mass is 305 g/mol. The van der Waals surface area contributed by atoms with Gasteiger partial charge in [-0.3, -0.25) is 10.5 Å². The molecule has 0 heterocycles. The summed E-state index contributed by atoms with van der Waals surface area (Å²) in [6, 6.07) is 16.3. The molecule has 0 saturated heterocycles. The second kappa shape index (κ2) is 8.45. The van der Waals surface area contributed by atoms with E-state index in [1.807, 2.05) is 30.3 Å². The molecule has 0 saturated carbocycles. The van der Waals surface area contributed by atoms with Crippen LogP contribution in [0.25, 0.3) is 0 Å². The van der Waals surface area contributed by atoms with Crippen LogP contribution < -0.4 is 10.5 Å². The number of carbonyl (C=O) groups excluding carboxylic acids is 1. The molecular formula is C17H20ClNO2. The summed E-state index contributed by atoms with van der Waals surface area (Å²) in [6.07, 6.45) is 1.49. The van der Waals surface area contributed by atoms with Crippen molar-refractivity contribution < 1.29 is 9.53 Å². The van der Waals surface area contributed by atoms with Crippen LogP contribution in [-0.4, -0.2) is 12.0 Å². The highest BCUT2D eigenvalue weighted by molar-refractivity contribution is 6.08. The normalized spacial score (nSPS) is 11.3. The van der Waals surface area contributed by atoms with Crippen molar-refractivity contribution in [2.45, 2.75) is 26.0 Å². The Labute approximate surface area is 131 Å². The van der Waals surface area contributed by atoms with Gasteiger partial charge in [0.2, 0.25) is 0 Å². The van der Waals surface area contributed by atoms with Gasteiger partial charge in [-0.05, 0) is 30.7 Å². The van der Waals surface area contributed by atoms with Gasteiger partial charge in [0.05, 0.1) is 0 Å². The number of ether oxygens (including phenoxy) is 1. The second-order valence-electron chi connectivity index (χ2n) is 4.66. The molecule has 112 valence electrons. The molecule has 2 aromatic carbocycles. The Morgan fingerprint density at radius 1 is 1.05 bits per heavy atom. The molecule has 4 heteroatoms. The minimum absolute atomic E-state index is 0. The lowest BCUT2D eigenvalue weighted by molar-refractivity contribution is 0.103. The molecule has 0 aliphatic heterocycles. The topological polar surface area (TPSA) is 52.3 Å². The molecule has 2 rings (SSSR count).